The van der Waals surface area contributed by atoms with Gasteiger partial charge in [-0.2, -0.15) is 0 Å². The van der Waals surface area contributed by atoms with Crippen LogP contribution in [0.4, 0.5) is 22.9 Å². The predicted octanol–water partition coefficient (Wildman–Crippen LogP) is 9.19. The summed E-state index contributed by atoms with van der Waals surface area (Å²) in [5.41, 5.74) is 5.94. The van der Waals surface area contributed by atoms with Gasteiger partial charge in [0.15, 0.2) is 5.82 Å². The van der Waals surface area contributed by atoms with Crippen LogP contribution in [0.25, 0.3) is 22.0 Å². The molecule has 0 amide bonds. The number of pyridine rings is 1. The van der Waals surface area contributed by atoms with E-state index in [1.165, 1.54) is 29.6 Å². The number of anilines is 3. The molecule has 1 aliphatic heterocycles. The summed E-state index contributed by atoms with van der Waals surface area (Å²) in [5.74, 6) is 0.673. The Hall–Kier alpha value is -6.06. The highest BCUT2D eigenvalue weighted by molar-refractivity contribution is 7.99. The number of sulfonamides is 1. The first kappa shape index (κ1) is 40.7. The minimum atomic E-state index is -4.29. The van der Waals surface area contributed by atoms with Gasteiger partial charge in [0.25, 0.3) is 15.7 Å². The number of nitrogens with one attached hydrogen (secondary N) is 2. The van der Waals surface area contributed by atoms with Gasteiger partial charge in [0.1, 0.15) is 12.0 Å². The lowest BCUT2D eigenvalue weighted by atomic mass is 9.99. The summed E-state index contributed by atoms with van der Waals surface area (Å²) in [6, 6.07) is 39.4. The number of aromatic nitrogens is 3. The van der Waals surface area contributed by atoms with Crippen LogP contribution in [0.1, 0.15) is 11.1 Å². The number of piperazine rings is 1. The van der Waals surface area contributed by atoms with Gasteiger partial charge in [-0.1, -0.05) is 72.3 Å². The molecule has 1 atom stereocenters. The van der Waals surface area contributed by atoms with Crippen molar-refractivity contribution in [2.24, 2.45) is 0 Å². The van der Waals surface area contributed by atoms with Gasteiger partial charge in [-0.15, -0.1) is 11.8 Å². The van der Waals surface area contributed by atoms with E-state index in [0.717, 1.165) is 60.5 Å². The van der Waals surface area contributed by atoms with Crippen molar-refractivity contribution >= 4 is 67.2 Å². The highest BCUT2D eigenvalue weighted by Crippen LogP contribution is 2.33. The second-order valence-electron chi connectivity index (χ2n) is 14.4. The fraction of sp³-hybridized carbons (Fsp3) is 0.178. The Balaban J connectivity index is 0.948. The average Bonchev–Trinajstić information content (AvgIpc) is 3.27. The number of thioether (sulfide) groups is 1. The van der Waals surface area contributed by atoms with Gasteiger partial charge >= 0.3 is 0 Å². The second-order valence-corrected chi connectivity index (χ2v) is 17.6. The molecule has 2 N–H and O–H groups in total. The lowest BCUT2D eigenvalue weighted by molar-refractivity contribution is -0.384. The number of hydrogen-bond donors (Lipinski definition) is 2. The molecule has 0 saturated carbocycles. The standard InChI is InChI=1S/C45H41ClN8O4S2/c46-35-14-12-33(13-15-35)40-11-5-4-8-34(40)29-52-21-23-53(24-22-52)37-16-18-41-43(26-37)48-31-49-45(41)51-60(57,58)39-17-19-42(44(27-39)54(55)56)50-36(25-32-7-6-20-47-28-32)30-59-38-9-2-1-3-10-38/h1-20,26-28,31,36,50H,21-25,29-30H2,(H,48,49,51)/t36-/m0/s1. The Labute approximate surface area is 357 Å². The molecule has 304 valence electrons. The van der Waals surface area contributed by atoms with Gasteiger partial charge in [0, 0.05) is 84.0 Å². The lowest BCUT2D eigenvalue weighted by Crippen LogP contribution is -2.46. The summed E-state index contributed by atoms with van der Waals surface area (Å²) in [5, 5.41) is 16.9. The first-order valence-electron chi connectivity index (χ1n) is 19.4. The highest BCUT2D eigenvalue weighted by atomic mass is 35.5. The third-order valence-electron chi connectivity index (χ3n) is 10.4. The van der Waals surface area contributed by atoms with E-state index in [1.807, 2.05) is 72.8 Å². The van der Waals surface area contributed by atoms with Crippen LogP contribution in [0, 0.1) is 10.1 Å². The topological polar surface area (TPSA) is 146 Å². The van der Waals surface area contributed by atoms with Crippen molar-refractivity contribution in [1.29, 1.82) is 0 Å². The van der Waals surface area contributed by atoms with Crippen molar-refractivity contribution in [3.63, 3.8) is 0 Å². The first-order valence-corrected chi connectivity index (χ1v) is 22.2. The van der Waals surface area contributed by atoms with E-state index >= 15 is 0 Å². The molecule has 0 spiro atoms. The van der Waals surface area contributed by atoms with Crippen molar-refractivity contribution < 1.29 is 13.3 Å². The number of nitro groups is 1. The Morgan fingerprint density at radius 2 is 1.63 bits per heavy atom. The molecule has 0 unspecified atom stereocenters. The van der Waals surface area contributed by atoms with Crippen LogP contribution in [0.15, 0.2) is 156 Å². The van der Waals surface area contributed by atoms with E-state index < -0.39 is 14.9 Å². The van der Waals surface area contributed by atoms with Crippen molar-refractivity contribution in [2.45, 2.75) is 28.8 Å². The molecular weight excluding hydrogens is 816 g/mol. The molecule has 0 bridgehead atoms. The molecule has 8 rings (SSSR count). The SMILES string of the molecule is O=[N+]([O-])c1cc(S(=O)(=O)Nc2ncnc3cc(N4CCN(Cc5ccccc5-c5ccc(Cl)cc5)CC4)ccc23)ccc1N[C@H](CSc1ccccc1)Cc1cccnc1. The Kier molecular flexibility index (Phi) is 12.5. The van der Waals surface area contributed by atoms with Crippen molar-refractivity contribution in [3.8, 4) is 11.1 Å². The summed E-state index contributed by atoms with van der Waals surface area (Å²) in [6.45, 7) is 4.15. The van der Waals surface area contributed by atoms with E-state index in [9.17, 15) is 18.5 Å². The number of nitrogens with zero attached hydrogens (tertiary/aromatic N) is 6. The van der Waals surface area contributed by atoms with Crippen LogP contribution in [-0.4, -0.2) is 71.2 Å². The van der Waals surface area contributed by atoms with E-state index in [2.05, 4.69) is 71.2 Å². The Morgan fingerprint density at radius 3 is 2.40 bits per heavy atom. The molecule has 1 saturated heterocycles. The van der Waals surface area contributed by atoms with Crippen molar-refractivity contribution in [3.05, 3.63) is 172 Å². The predicted molar refractivity (Wildman–Crippen MR) is 240 cm³/mol. The molecule has 1 fully saturated rings. The molecule has 1 aliphatic rings. The summed E-state index contributed by atoms with van der Waals surface area (Å²) < 4.78 is 30.2. The number of fused-ring (bicyclic) bond motifs is 1. The smallest absolute Gasteiger partial charge is 0.293 e. The zero-order chi connectivity index (χ0) is 41.5. The third kappa shape index (κ3) is 9.86. The molecule has 5 aromatic carbocycles. The summed E-state index contributed by atoms with van der Waals surface area (Å²) >= 11 is 7.76. The van der Waals surface area contributed by atoms with Crippen LogP contribution in [0.5, 0.6) is 0 Å². The second kappa shape index (κ2) is 18.5. The minimum Gasteiger partial charge on any atom is -0.376 e. The molecular formula is C45H41ClN8O4S2. The first-order chi connectivity index (χ1) is 29.2. The number of nitro benzene ring substituents is 1. The van der Waals surface area contributed by atoms with Crippen molar-refractivity contribution in [2.75, 3.05) is 46.9 Å². The van der Waals surface area contributed by atoms with Gasteiger partial charge in [0.05, 0.1) is 15.3 Å². The molecule has 15 heteroatoms. The fourth-order valence-corrected chi connectivity index (χ4v) is 9.44. The number of rotatable bonds is 15. The summed E-state index contributed by atoms with van der Waals surface area (Å²) in [6.07, 6.45) is 5.32. The fourth-order valence-electron chi connectivity index (χ4n) is 7.32. The summed E-state index contributed by atoms with van der Waals surface area (Å²) in [7, 11) is -4.29. The lowest BCUT2D eigenvalue weighted by Gasteiger charge is -2.36. The third-order valence-corrected chi connectivity index (χ3v) is 13.2. The average molecular weight is 857 g/mol. The zero-order valence-electron chi connectivity index (χ0n) is 32.4. The maximum atomic E-state index is 13.8. The van der Waals surface area contributed by atoms with Gasteiger partial charge in [0.2, 0.25) is 0 Å². The minimum absolute atomic E-state index is 0.0787. The van der Waals surface area contributed by atoms with E-state index in [4.69, 9.17) is 11.6 Å². The largest absolute Gasteiger partial charge is 0.376 e. The van der Waals surface area contributed by atoms with E-state index in [-0.39, 0.29) is 28.1 Å². The van der Waals surface area contributed by atoms with Crippen LogP contribution >= 0.6 is 23.4 Å². The molecule has 0 aliphatic carbocycles. The quantitative estimate of drug-likeness (QED) is 0.0578. The number of hydrogen-bond acceptors (Lipinski definition) is 11. The van der Waals surface area contributed by atoms with Crippen LogP contribution in [0.3, 0.4) is 0 Å². The van der Waals surface area contributed by atoms with E-state index in [0.29, 0.717) is 28.1 Å². The maximum absolute atomic E-state index is 13.8. The number of halogens is 1. The molecule has 3 heterocycles. The molecule has 2 aromatic heterocycles. The van der Waals surface area contributed by atoms with Crippen LogP contribution in [-0.2, 0) is 23.0 Å². The van der Waals surface area contributed by atoms with Gasteiger partial charge in [-0.05, 0) is 89.3 Å². The monoisotopic (exact) mass is 856 g/mol. The summed E-state index contributed by atoms with van der Waals surface area (Å²) in [4.78, 5) is 30.3. The number of benzene rings is 5. The Bertz CT molecular complexity index is 2710. The molecule has 60 heavy (non-hydrogen) atoms. The molecule has 7 aromatic rings. The van der Waals surface area contributed by atoms with Crippen LogP contribution in [0.2, 0.25) is 5.02 Å². The Morgan fingerprint density at radius 1 is 0.850 bits per heavy atom. The van der Waals surface area contributed by atoms with Gasteiger partial charge in [-0.25, -0.2) is 18.4 Å². The van der Waals surface area contributed by atoms with Gasteiger partial charge < -0.3 is 10.2 Å². The normalized spacial score (nSPS) is 13.8. The van der Waals surface area contributed by atoms with Crippen molar-refractivity contribution in [1.82, 2.24) is 19.9 Å². The zero-order valence-corrected chi connectivity index (χ0v) is 34.8. The van der Waals surface area contributed by atoms with Gasteiger partial charge in [-0.3, -0.25) is 24.7 Å². The maximum Gasteiger partial charge on any atom is 0.293 e. The van der Waals surface area contributed by atoms with Crippen LogP contribution < -0.4 is 14.9 Å². The highest BCUT2D eigenvalue weighted by Gasteiger charge is 2.25. The van der Waals surface area contributed by atoms with E-state index in [1.54, 1.807) is 24.2 Å². The molecule has 12 nitrogen and oxygen atoms in total. The molecule has 0 radical (unpaired) electrons.